The predicted octanol–water partition coefficient (Wildman–Crippen LogP) is 5.91. The van der Waals surface area contributed by atoms with Gasteiger partial charge in [0.15, 0.2) is 11.6 Å². The van der Waals surface area contributed by atoms with E-state index in [0.29, 0.717) is 5.92 Å². The molecule has 1 fully saturated rings. The average Bonchev–Trinajstić information content (AvgIpc) is 2.49. The SMILES string of the molecule is CCCCC1CCC(C(=O)c2c(F)ccc(Br)c2F)CC1. The van der Waals surface area contributed by atoms with Gasteiger partial charge in [-0.05, 0) is 59.7 Å². The van der Waals surface area contributed by atoms with Gasteiger partial charge < -0.3 is 0 Å². The fourth-order valence-electron chi connectivity index (χ4n) is 3.16. The molecule has 1 aromatic carbocycles. The molecule has 1 aliphatic carbocycles. The van der Waals surface area contributed by atoms with Crippen molar-refractivity contribution in [3.8, 4) is 0 Å². The maximum absolute atomic E-state index is 14.0. The summed E-state index contributed by atoms with van der Waals surface area (Å²) in [6.07, 6.45) is 7.10. The van der Waals surface area contributed by atoms with Gasteiger partial charge in [-0.25, -0.2) is 8.78 Å². The normalized spacial score (nSPS) is 22.3. The van der Waals surface area contributed by atoms with Gasteiger partial charge in [-0.15, -0.1) is 0 Å². The Morgan fingerprint density at radius 1 is 1.24 bits per heavy atom. The number of carbonyl (C=O) groups excluding carboxylic acids is 1. The van der Waals surface area contributed by atoms with E-state index in [9.17, 15) is 13.6 Å². The Morgan fingerprint density at radius 3 is 2.52 bits per heavy atom. The van der Waals surface area contributed by atoms with Gasteiger partial charge in [0.25, 0.3) is 0 Å². The number of benzene rings is 1. The van der Waals surface area contributed by atoms with E-state index < -0.39 is 11.6 Å². The zero-order valence-electron chi connectivity index (χ0n) is 12.3. The first kappa shape index (κ1) is 16.6. The van der Waals surface area contributed by atoms with Gasteiger partial charge in [0.1, 0.15) is 5.82 Å². The third-order valence-corrected chi connectivity index (χ3v) is 5.09. The third-order valence-electron chi connectivity index (χ3n) is 4.47. The maximum Gasteiger partial charge on any atom is 0.171 e. The average molecular weight is 359 g/mol. The van der Waals surface area contributed by atoms with Crippen molar-refractivity contribution in [3.05, 3.63) is 33.8 Å². The van der Waals surface area contributed by atoms with Crippen LogP contribution in [-0.4, -0.2) is 5.78 Å². The summed E-state index contributed by atoms with van der Waals surface area (Å²) in [5.74, 6) is -1.46. The molecule has 0 atom stereocenters. The van der Waals surface area contributed by atoms with Crippen LogP contribution in [0.25, 0.3) is 0 Å². The quantitative estimate of drug-likeness (QED) is 0.472. The summed E-state index contributed by atoms with van der Waals surface area (Å²) < 4.78 is 27.9. The Kier molecular flexibility index (Phi) is 5.91. The lowest BCUT2D eigenvalue weighted by Crippen LogP contribution is -2.23. The minimum absolute atomic E-state index is 0.142. The van der Waals surface area contributed by atoms with Gasteiger partial charge in [-0.1, -0.05) is 26.2 Å². The van der Waals surface area contributed by atoms with Gasteiger partial charge in [0.2, 0.25) is 0 Å². The van der Waals surface area contributed by atoms with Crippen LogP contribution in [0.1, 0.15) is 62.2 Å². The number of unbranched alkanes of at least 4 members (excludes halogenated alkanes) is 1. The van der Waals surface area contributed by atoms with E-state index in [1.807, 2.05) is 0 Å². The molecule has 1 aliphatic rings. The molecular formula is C17H21BrF2O. The Bertz CT molecular complexity index is 508. The van der Waals surface area contributed by atoms with E-state index in [4.69, 9.17) is 0 Å². The number of halogens is 3. The Morgan fingerprint density at radius 2 is 1.90 bits per heavy atom. The van der Waals surface area contributed by atoms with Gasteiger partial charge in [-0.3, -0.25) is 4.79 Å². The molecule has 0 N–H and O–H groups in total. The molecule has 0 radical (unpaired) electrons. The molecule has 0 aliphatic heterocycles. The minimum Gasteiger partial charge on any atom is -0.294 e. The van der Waals surface area contributed by atoms with Gasteiger partial charge in [0, 0.05) is 5.92 Å². The molecule has 1 saturated carbocycles. The van der Waals surface area contributed by atoms with Crippen LogP contribution in [-0.2, 0) is 0 Å². The van der Waals surface area contributed by atoms with Crippen LogP contribution < -0.4 is 0 Å². The van der Waals surface area contributed by atoms with Gasteiger partial charge >= 0.3 is 0 Å². The summed E-state index contributed by atoms with van der Waals surface area (Å²) in [6, 6.07) is 2.44. The van der Waals surface area contributed by atoms with E-state index in [2.05, 4.69) is 22.9 Å². The van der Waals surface area contributed by atoms with E-state index in [0.717, 1.165) is 31.7 Å². The van der Waals surface area contributed by atoms with Crippen molar-refractivity contribution in [3.63, 3.8) is 0 Å². The fourth-order valence-corrected chi connectivity index (χ4v) is 3.49. The second-order valence-electron chi connectivity index (χ2n) is 5.94. The highest BCUT2D eigenvalue weighted by molar-refractivity contribution is 9.10. The van der Waals surface area contributed by atoms with Crippen molar-refractivity contribution in [1.82, 2.24) is 0 Å². The lowest BCUT2D eigenvalue weighted by atomic mass is 9.77. The first-order valence-corrected chi connectivity index (χ1v) is 8.51. The molecule has 1 nitrogen and oxygen atoms in total. The summed E-state index contributed by atoms with van der Waals surface area (Å²) >= 11 is 3.02. The molecule has 0 amide bonds. The highest BCUT2D eigenvalue weighted by atomic mass is 79.9. The Hall–Kier alpha value is -0.770. The van der Waals surface area contributed by atoms with Crippen molar-refractivity contribution in [2.75, 3.05) is 0 Å². The van der Waals surface area contributed by atoms with E-state index in [1.54, 1.807) is 0 Å². The fraction of sp³-hybridized carbons (Fsp3) is 0.588. The standard InChI is InChI=1S/C17H21BrF2O/c1-2-3-4-11-5-7-12(8-6-11)17(21)15-14(19)10-9-13(18)16(15)20/h9-12H,2-8H2,1H3. The van der Waals surface area contributed by atoms with Crippen LogP contribution in [0.3, 0.4) is 0 Å². The van der Waals surface area contributed by atoms with Gasteiger partial charge in [0.05, 0.1) is 10.0 Å². The maximum atomic E-state index is 14.0. The molecule has 0 unspecified atom stereocenters. The largest absolute Gasteiger partial charge is 0.294 e. The van der Waals surface area contributed by atoms with Gasteiger partial charge in [-0.2, -0.15) is 0 Å². The summed E-state index contributed by atoms with van der Waals surface area (Å²) in [5.41, 5.74) is -0.374. The molecule has 116 valence electrons. The molecular weight excluding hydrogens is 338 g/mol. The van der Waals surface area contributed by atoms with Crippen molar-refractivity contribution < 1.29 is 13.6 Å². The topological polar surface area (TPSA) is 17.1 Å². The third kappa shape index (κ3) is 3.91. The van der Waals surface area contributed by atoms with Crippen LogP contribution in [0, 0.1) is 23.5 Å². The molecule has 4 heteroatoms. The lowest BCUT2D eigenvalue weighted by Gasteiger charge is -2.27. The second kappa shape index (κ2) is 7.48. The molecule has 0 spiro atoms. The number of rotatable bonds is 5. The molecule has 0 bridgehead atoms. The molecule has 0 saturated heterocycles. The number of hydrogen-bond acceptors (Lipinski definition) is 1. The van der Waals surface area contributed by atoms with Crippen molar-refractivity contribution >= 4 is 21.7 Å². The minimum atomic E-state index is -0.770. The van der Waals surface area contributed by atoms with Crippen molar-refractivity contribution in [1.29, 1.82) is 0 Å². The van der Waals surface area contributed by atoms with Crippen molar-refractivity contribution in [2.24, 2.45) is 11.8 Å². The predicted molar refractivity (Wildman–Crippen MR) is 83.4 cm³/mol. The number of carbonyl (C=O) groups is 1. The van der Waals surface area contributed by atoms with E-state index in [-0.39, 0.29) is 21.7 Å². The second-order valence-corrected chi connectivity index (χ2v) is 6.80. The lowest BCUT2D eigenvalue weighted by molar-refractivity contribution is 0.0860. The smallest absolute Gasteiger partial charge is 0.171 e. The first-order valence-electron chi connectivity index (χ1n) is 7.72. The molecule has 21 heavy (non-hydrogen) atoms. The number of Topliss-reactive ketones (excluding diaryl/α,β-unsaturated/α-hetero) is 1. The Labute approximate surface area is 133 Å². The molecule has 1 aromatic rings. The van der Waals surface area contributed by atoms with E-state index in [1.165, 1.54) is 25.3 Å². The molecule has 0 aromatic heterocycles. The van der Waals surface area contributed by atoms with Crippen LogP contribution >= 0.6 is 15.9 Å². The van der Waals surface area contributed by atoms with Crippen LogP contribution in [0.15, 0.2) is 16.6 Å². The monoisotopic (exact) mass is 358 g/mol. The number of hydrogen-bond donors (Lipinski definition) is 0. The van der Waals surface area contributed by atoms with Crippen LogP contribution in [0.5, 0.6) is 0 Å². The van der Waals surface area contributed by atoms with E-state index >= 15 is 0 Å². The molecule has 2 rings (SSSR count). The molecule has 0 heterocycles. The first-order chi connectivity index (χ1) is 10.0. The van der Waals surface area contributed by atoms with Crippen LogP contribution in [0.4, 0.5) is 8.78 Å². The summed E-state index contributed by atoms with van der Waals surface area (Å²) in [4.78, 5) is 12.4. The number of ketones is 1. The highest BCUT2D eigenvalue weighted by Gasteiger charge is 2.30. The highest BCUT2D eigenvalue weighted by Crippen LogP contribution is 2.35. The zero-order chi connectivity index (χ0) is 15.4. The van der Waals surface area contributed by atoms with Crippen LogP contribution in [0.2, 0.25) is 0 Å². The zero-order valence-corrected chi connectivity index (χ0v) is 13.9. The summed E-state index contributed by atoms with van der Waals surface area (Å²) in [6.45, 7) is 2.17. The van der Waals surface area contributed by atoms with Crippen molar-refractivity contribution in [2.45, 2.75) is 51.9 Å². The Balaban J connectivity index is 2.04. The summed E-state index contributed by atoms with van der Waals surface area (Å²) in [7, 11) is 0. The summed E-state index contributed by atoms with van der Waals surface area (Å²) in [5, 5.41) is 0.